The van der Waals surface area contributed by atoms with Crippen molar-refractivity contribution < 1.29 is 0 Å². The molecule has 0 saturated carbocycles. The summed E-state index contributed by atoms with van der Waals surface area (Å²) in [5.74, 6) is 0. The van der Waals surface area contributed by atoms with Crippen molar-refractivity contribution in [1.82, 2.24) is 0 Å². The first-order chi connectivity index (χ1) is 4.86. The summed E-state index contributed by atoms with van der Waals surface area (Å²) >= 11 is 1.95. The van der Waals surface area contributed by atoms with Crippen LogP contribution in [0, 0.1) is 0 Å². The van der Waals surface area contributed by atoms with Gasteiger partial charge in [0.15, 0.2) is 0 Å². The lowest BCUT2D eigenvalue weighted by molar-refractivity contribution is 0.637. The van der Waals surface area contributed by atoms with Crippen molar-refractivity contribution in [2.45, 2.75) is 31.1 Å². The van der Waals surface area contributed by atoms with E-state index in [9.17, 15) is 0 Å². The maximum absolute atomic E-state index is 4.54. The highest BCUT2D eigenvalue weighted by Gasteiger charge is 2.27. The lowest BCUT2D eigenvalue weighted by atomic mass is 10.0. The minimum Gasteiger partial charge on any atom is -0.278 e. The van der Waals surface area contributed by atoms with E-state index in [0.29, 0.717) is 6.04 Å². The molecule has 0 aromatic rings. The highest BCUT2D eigenvalue weighted by atomic mass is 32.2. The Kier molecular flexibility index (Phi) is 1.57. The molecule has 0 bridgehead atoms. The summed E-state index contributed by atoms with van der Waals surface area (Å²) < 4.78 is 0. The van der Waals surface area contributed by atoms with Crippen LogP contribution in [0.1, 0.15) is 19.8 Å². The van der Waals surface area contributed by atoms with Crippen LogP contribution in [0.5, 0.6) is 0 Å². The number of thioether (sulfide) groups is 1. The molecular weight excluding hydrogens is 142 g/mol. The van der Waals surface area contributed by atoms with E-state index in [2.05, 4.69) is 24.1 Å². The van der Waals surface area contributed by atoms with Gasteiger partial charge in [-0.05, 0) is 19.8 Å². The standard InChI is InChI=1S/C8H11NS/c1-6-9-7-4-2-3-5-8(7)10-6/h2-3,7-8H,4-5H2,1H3. The average molecular weight is 153 g/mol. The van der Waals surface area contributed by atoms with Crippen LogP contribution in [0.2, 0.25) is 0 Å². The summed E-state index contributed by atoms with van der Waals surface area (Å²) in [5.41, 5.74) is 0. The molecule has 0 spiro atoms. The van der Waals surface area contributed by atoms with Crippen LogP contribution in [0.4, 0.5) is 0 Å². The number of fused-ring (bicyclic) bond motifs is 1. The van der Waals surface area contributed by atoms with Crippen molar-refractivity contribution in [1.29, 1.82) is 0 Å². The van der Waals surface area contributed by atoms with E-state index >= 15 is 0 Å². The number of allylic oxidation sites excluding steroid dienone is 1. The highest BCUT2D eigenvalue weighted by molar-refractivity contribution is 8.14. The third-order valence-corrected chi connectivity index (χ3v) is 3.27. The Labute approximate surface area is 65.6 Å². The van der Waals surface area contributed by atoms with Crippen LogP contribution in [0.3, 0.4) is 0 Å². The molecule has 0 radical (unpaired) electrons. The van der Waals surface area contributed by atoms with Gasteiger partial charge in [-0.15, -0.1) is 11.8 Å². The van der Waals surface area contributed by atoms with Crippen LogP contribution >= 0.6 is 11.8 Å². The molecule has 0 aromatic heterocycles. The number of hydrogen-bond acceptors (Lipinski definition) is 2. The smallest absolute Gasteiger partial charge is 0.0668 e. The quantitative estimate of drug-likeness (QED) is 0.486. The van der Waals surface area contributed by atoms with E-state index in [0.717, 1.165) is 11.7 Å². The fourth-order valence-corrected chi connectivity index (χ4v) is 2.69. The van der Waals surface area contributed by atoms with Crippen molar-refractivity contribution in [3.8, 4) is 0 Å². The molecule has 0 fully saturated rings. The molecule has 2 heteroatoms. The fraction of sp³-hybridized carbons (Fsp3) is 0.625. The monoisotopic (exact) mass is 153 g/mol. The number of hydrogen-bond donors (Lipinski definition) is 0. The van der Waals surface area contributed by atoms with Crippen LogP contribution in [0.25, 0.3) is 0 Å². The average Bonchev–Trinajstić information content (AvgIpc) is 2.27. The molecule has 10 heavy (non-hydrogen) atoms. The minimum atomic E-state index is 0.606. The first-order valence-corrected chi connectivity index (χ1v) is 4.60. The Balaban J connectivity index is 2.14. The van der Waals surface area contributed by atoms with Gasteiger partial charge in [0.1, 0.15) is 0 Å². The van der Waals surface area contributed by atoms with Gasteiger partial charge in [0.25, 0.3) is 0 Å². The Hall–Kier alpha value is -0.240. The number of aliphatic imine (C=N–C) groups is 1. The normalized spacial score (nSPS) is 37.5. The van der Waals surface area contributed by atoms with Crippen molar-refractivity contribution in [2.24, 2.45) is 4.99 Å². The molecule has 1 aliphatic carbocycles. The Morgan fingerprint density at radius 1 is 1.50 bits per heavy atom. The van der Waals surface area contributed by atoms with Crippen LogP contribution in [-0.4, -0.2) is 16.3 Å². The summed E-state index contributed by atoms with van der Waals surface area (Å²) in [7, 11) is 0. The van der Waals surface area contributed by atoms with E-state index < -0.39 is 0 Å². The fourth-order valence-electron chi connectivity index (χ4n) is 1.52. The summed E-state index contributed by atoms with van der Waals surface area (Å²) in [6.45, 7) is 2.11. The molecule has 0 amide bonds. The predicted octanol–water partition coefficient (Wildman–Crippen LogP) is 2.24. The molecule has 1 aliphatic heterocycles. The Morgan fingerprint density at radius 3 is 3.10 bits per heavy atom. The van der Waals surface area contributed by atoms with Crippen LogP contribution in [0.15, 0.2) is 17.1 Å². The second kappa shape index (κ2) is 2.42. The van der Waals surface area contributed by atoms with E-state index in [-0.39, 0.29) is 0 Å². The maximum atomic E-state index is 4.54. The lowest BCUT2D eigenvalue weighted by Gasteiger charge is -2.17. The molecule has 1 heterocycles. The summed E-state index contributed by atoms with van der Waals surface area (Å²) in [6.07, 6.45) is 6.91. The van der Waals surface area contributed by atoms with Crippen molar-refractivity contribution in [3.05, 3.63) is 12.2 Å². The molecule has 2 rings (SSSR count). The lowest BCUT2D eigenvalue weighted by Crippen LogP contribution is -2.18. The molecule has 54 valence electrons. The first-order valence-electron chi connectivity index (χ1n) is 3.72. The molecule has 2 unspecified atom stereocenters. The molecule has 2 atom stereocenters. The van der Waals surface area contributed by atoms with Gasteiger partial charge in [-0.1, -0.05) is 12.2 Å². The van der Waals surface area contributed by atoms with Gasteiger partial charge in [-0.2, -0.15) is 0 Å². The third kappa shape index (κ3) is 1.01. The largest absolute Gasteiger partial charge is 0.278 e. The van der Waals surface area contributed by atoms with E-state index in [4.69, 9.17) is 0 Å². The number of rotatable bonds is 0. The molecule has 2 aliphatic rings. The van der Waals surface area contributed by atoms with Crippen molar-refractivity contribution in [3.63, 3.8) is 0 Å². The van der Waals surface area contributed by atoms with E-state index in [1.807, 2.05) is 11.8 Å². The van der Waals surface area contributed by atoms with Crippen LogP contribution in [-0.2, 0) is 0 Å². The van der Waals surface area contributed by atoms with E-state index in [1.54, 1.807) is 0 Å². The maximum Gasteiger partial charge on any atom is 0.0668 e. The van der Waals surface area contributed by atoms with Gasteiger partial charge in [0, 0.05) is 5.25 Å². The van der Waals surface area contributed by atoms with Gasteiger partial charge in [0.05, 0.1) is 11.1 Å². The van der Waals surface area contributed by atoms with Crippen LogP contribution < -0.4 is 0 Å². The first kappa shape index (κ1) is 6.47. The zero-order chi connectivity index (χ0) is 6.97. The highest BCUT2D eigenvalue weighted by Crippen LogP contribution is 2.33. The van der Waals surface area contributed by atoms with E-state index in [1.165, 1.54) is 11.5 Å². The zero-order valence-electron chi connectivity index (χ0n) is 6.08. The van der Waals surface area contributed by atoms with Gasteiger partial charge in [-0.3, -0.25) is 4.99 Å². The molecule has 0 N–H and O–H groups in total. The molecule has 0 aromatic carbocycles. The van der Waals surface area contributed by atoms with Gasteiger partial charge >= 0.3 is 0 Å². The Bertz CT molecular complexity index is 195. The molecular formula is C8H11NS. The SMILES string of the molecule is CC1=NC2CC=CCC2S1. The predicted molar refractivity (Wildman–Crippen MR) is 46.7 cm³/mol. The van der Waals surface area contributed by atoms with Gasteiger partial charge in [0.2, 0.25) is 0 Å². The second-order valence-corrected chi connectivity index (χ2v) is 4.25. The van der Waals surface area contributed by atoms with Crippen molar-refractivity contribution >= 4 is 16.8 Å². The summed E-state index contributed by atoms with van der Waals surface area (Å²) in [6, 6.07) is 0.606. The Morgan fingerprint density at radius 2 is 2.30 bits per heavy atom. The third-order valence-electron chi connectivity index (χ3n) is 2.01. The summed E-state index contributed by atoms with van der Waals surface area (Å²) in [5, 5.41) is 2.05. The van der Waals surface area contributed by atoms with Crippen molar-refractivity contribution in [2.75, 3.05) is 0 Å². The molecule has 0 saturated heterocycles. The van der Waals surface area contributed by atoms with Gasteiger partial charge in [-0.25, -0.2) is 0 Å². The minimum absolute atomic E-state index is 0.606. The number of nitrogens with zero attached hydrogens (tertiary/aromatic N) is 1. The summed E-state index contributed by atoms with van der Waals surface area (Å²) in [4.78, 5) is 4.54. The molecule has 1 nitrogen and oxygen atoms in total. The van der Waals surface area contributed by atoms with Gasteiger partial charge < -0.3 is 0 Å². The second-order valence-electron chi connectivity index (χ2n) is 2.81. The topological polar surface area (TPSA) is 12.4 Å². The zero-order valence-corrected chi connectivity index (χ0v) is 6.90.